The summed E-state index contributed by atoms with van der Waals surface area (Å²) >= 11 is 0. The van der Waals surface area contributed by atoms with Crippen LogP contribution in [0.25, 0.3) is 0 Å². The van der Waals surface area contributed by atoms with Crippen molar-refractivity contribution in [3.63, 3.8) is 0 Å². The number of aryl methyl sites for hydroxylation is 1. The van der Waals surface area contributed by atoms with Gasteiger partial charge in [-0.3, -0.25) is 0 Å². The first-order valence-electron chi connectivity index (χ1n) is 6.23. The average molecular weight is 249 g/mol. The molecule has 3 nitrogen and oxygen atoms in total. The highest BCUT2D eigenvalue weighted by Gasteiger charge is 2.25. The average Bonchev–Trinajstić information content (AvgIpc) is 2.28. The molecule has 0 aliphatic carbocycles. The molecule has 0 heterocycles. The van der Waals surface area contributed by atoms with Gasteiger partial charge >= 0.3 is 5.97 Å². The minimum absolute atomic E-state index is 0.0660. The van der Waals surface area contributed by atoms with E-state index in [1.165, 1.54) is 12.7 Å². The summed E-state index contributed by atoms with van der Waals surface area (Å²) < 4.78 is 4.85. The summed E-state index contributed by atoms with van der Waals surface area (Å²) in [4.78, 5) is 11.8. The molecule has 0 aliphatic heterocycles. The van der Waals surface area contributed by atoms with E-state index in [1.54, 1.807) is 0 Å². The first-order chi connectivity index (χ1) is 8.31. The maximum atomic E-state index is 11.8. The Morgan fingerprint density at radius 1 is 1.28 bits per heavy atom. The maximum absolute atomic E-state index is 11.8. The van der Waals surface area contributed by atoms with Crippen molar-refractivity contribution in [1.82, 2.24) is 0 Å². The lowest BCUT2D eigenvalue weighted by molar-refractivity contribution is -0.142. The van der Waals surface area contributed by atoms with E-state index in [0.29, 0.717) is 0 Å². The number of esters is 1. The van der Waals surface area contributed by atoms with Gasteiger partial charge in [0.2, 0.25) is 0 Å². The van der Waals surface area contributed by atoms with Gasteiger partial charge in [-0.2, -0.15) is 0 Å². The predicted octanol–water partition coefficient (Wildman–Crippen LogP) is 3.38. The Labute approximate surface area is 110 Å². The lowest BCUT2D eigenvalue weighted by Gasteiger charge is -2.25. The molecule has 1 aromatic rings. The van der Waals surface area contributed by atoms with Crippen LogP contribution < -0.4 is 5.32 Å². The molecule has 18 heavy (non-hydrogen) atoms. The second-order valence-electron chi connectivity index (χ2n) is 5.85. The fraction of sp³-hybridized carbons (Fsp3) is 0.533. The number of methoxy groups -OCH3 is 1. The summed E-state index contributed by atoms with van der Waals surface area (Å²) in [5.41, 5.74) is 2.21. The Balaban J connectivity index is 2.78. The van der Waals surface area contributed by atoms with E-state index in [2.05, 4.69) is 26.1 Å². The van der Waals surface area contributed by atoms with Gasteiger partial charge in [-0.1, -0.05) is 38.5 Å². The third kappa shape index (κ3) is 4.78. The predicted molar refractivity (Wildman–Crippen MR) is 74.7 cm³/mol. The van der Waals surface area contributed by atoms with E-state index in [-0.39, 0.29) is 17.4 Å². The minimum Gasteiger partial charge on any atom is -0.467 e. The summed E-state index contributed by atoms with van der Waals surface area (Å²) in [6.07, 6.45) is 0.730. The number of carbonyl (C=O) groups is 1. The van der Waals surface area contributed by atoms with Gasteiger partial charge in [-0.15, -0.1) is 0 Å². The molecule has 0 amide bonds. The Kier molecular flexibility index (Phi) is 4.76. The van der Waals surface area contributed by atoms with Gasteiger partial charge in [0.15, 0.2) is 0 Å². The van der Waals surface area contributed by atoms with Crippen LogP contribution in [-0.2, 0) is 9.53 Å². The summed E-state index contributed by atoms with van der Waals surface area (Å²) in [5, 5.41) is 3.24. The summed E-state index contributed by atoms with van der Waals surface area (Å²) in [6.45, 7) is 8.37. The van der Waals surface area contributed by atoms with E-state index < -0.39 is 0 Å². The van der Waals surface area contributed by atoms with Crippen LogP contribution in [0.4, 0.5) is 5.69 Å². The summed E-state index contributed by atoms with van der Waals surface area (Å²) in [5.74, 6) is -0.217. The number of ether oxygens (including phenoxy) is 1. The highest BCUT2D eigenvalue weighted by Crippen LogP contribution is 2.23. The normalized spacial score (nSPS) is 12.9. The third-order valence-corrected chi connectivity index (χ3v) is 2.69. The van der Waals surface area contributed by atoms with Crippen LogP contribution in [0.3, 0.4) is 0 Å². The molecule has 1 aromatic carbocycles. The van der Waals surface area contributed by atoms with Gasteiger partial charge < -0.3 is 10.1 Å². The van der Waals surface area contributed by atoms with Crippen molar-refractivity contribution in [3.05, 3.63) is 29.8 Å². The highest BCUT2D eigenvalue weighted by molar-refractivity contribution is 5.79. The summed E-state index contributed by atoms with van der Waals surface area (Å²) in [6, 6.07) is 7.70. The number of nitrogens with one attached hydrogen (secondary N) is 1. The molecule has 0 spiro atoms. The first kappa shape index (κ1) is 14.6. The van der Waals surface area contributed by atoms with Crippen molar-refractivity contribution < 1.29 is 9.53 Å². The molecule has 0 bridgehead atoms. The summed E-state index contributed by atoms with van der Waals surface area (Å²) in [7, 11) is 1.43. The van der Waals surface area contributed by atoms with Gasteiger partial charge in [0, 0.05) is 5.69 Å². The molecule has 1 unspecified atom stereocenters. The highest BCUT2D eigenvalue weighted by atomic mass is 16.5. The molecule has 3 heteroatoms. The standard InChI is InChI=1S/C15H23NO2/c1-11-6-8-12(9-7-11)16-13(14(17)18-5)10-15(2,3)4/h6-9,13,16H,10H2,1-5H3. The number of benzene rings is 1. The molecule has 0 aliphatic rings. The van der Waals surface area contributed by atoms with Gasteiger partial charge in [-0.25, -0.2) is 4.79 Å². The third-order valence-electron chi connectivity index (χ3n) is 2.69. The molecular formula is C15H23NO2. The lowest BCUT2D eigenvalue weighted by atomic mass is 9.88. The van der Waals surface area contributed by atoms with E-state index in [1.807, 2.05) is 31.2 Å². The molecule has 0 fully saturated rings. The van der Waals surface area contributed by atoms with Crippen molar-refractivity contribution in [2.24, 2.45) is 5.41 Å². The lowest BCUT2D eigenvalue weighted by Crippen LogP contribution is -2.34. The molecule has 0 saturated carbocycles. The number of hydrogen-bond acceptors (Lipinski definition) is 3. The molecule has 1 atom stereocenters. The number of carbonyl (C=O) groups excluding carboxylic acids is 1. The Morgan fingerprint density at radius 3 is 2.28 bits per heavy atom. The minimum atomic E-state index is -0.308. The van der Waals surface area contributed by atoms with E-state index in [4.69, 9.17) is 4.74 Å². The van der Waals surface area contributed by atoms with Crippen LogP contribution in [0.5, 0.6) is 0 Å². The van der Waals surface area contributed by atoms with Gasteiger partial charge in [0.1, 0.15) is 6.04 Å². The smallest absolute Gasteiger partial charge is 0.328 e. The van der Waals surface area contributed by atoms with E-state index in [9.17, 15) is 4.79 Å². The van der Waals surface area contributed by atoms with E-state index in [0.717, 1.165) is 12.1 Å². The van der Waals surface area contributed by atoms with Crippen LogP contribution in [-0.4, -0.2) is 19.1 Å². The molecule has 1 N–H and O–H groups in total. The van der Waals surface area contributed by atoms with Gasteiger partial charge in [-0.05, 0) is 30.9 Å². The van der Waals surface area contributed by atoms with E-state index >= 15 is 0 Å². The fourth-order valence-electron chi connectivity index (χ4n) is 1.80. The molecule has 0 saturated heterocycles. The van der Waals surface area contributed by atoms with Gasteiger partial charge in [0.25, 0.3) is 0 Å². The number of anilines is 1. The molecular weight excluding hydrogens is 226 g/mol. The van der Waals surface area contributed by atoms with Crippen LogP contribution in [0.2, 0.25) is 0 Å². The number of rotatable bonds is 4. The zero-order valence-electron chi connectivity index (χ0n) is 11.9. The van der Waals surface area contributed by atoms with Crippen molar-refractivity contribution in [2.45, 2.75) is 40.2 Å². The van der Waals surface area contributed by atoms with Crippen LogP contribution >= 0.6 is 0 Å². The maximum Gasteiger partial charge on any atom is 0.328 e. The fourth-order valence-corrected chi connectivity index (χ4v) is 1.80. The topological polar surface area (TPSA) is 38.3 Å². The zero-order valence-corrected chi connectivity index (χ0v) is 11.9. The van der Waals surface area contributed by atoms with Crippen LogP contribution in [0.15, 0.2) is 24.3 Å². The Bertz CT molecular complexity index is 390. The Hall–Kier alpha value is -1.51. The molecule has 0 aromatic heterocycles. The van der Waals surface area contributed by atoms with Crippen molar-refractivity contribution in [1.29, 1.82) is 0 Å². The van der Waals surface area contributed by atoms with Gasteiger partial charge in [0.05, 0.1) is 7.11 Å². The van der Waals surface area contributed by atoms with Crippen molar-refractivity contribution in [2.75, 3.05) is 12.4 Å². The first-order valence-corrected chi connectivity index (χ1v) is 6.23. The van der Waals surface area contributed by atoms with Crippen LogP contribution in [0.1, 0.15) is 32.8 Å². The Morgan fingerprint density at radius 2 is 1.83 bits per heavy atom. The SMILES string of the molecule is COC(=O)C(CC(C)(C)C)Nc1ccc(C)cc1. The number of hydrogen-bond donors (Lipinski definition) is 1. The van der Waals surface area contributed by atoms with Crippen molar-refractivity contribution in [3.8, 4) is 0 Å². The second-order valence-corrected chi connectivity index (χ2v) is 5.85. The monoisotopic (exact) mass is 249 g/mol. The largest absolute Gasteiger partial charge is 0.467 e. The molecule has 0 radical (unpaired) electrons. The second kappa shape index (κ2) is 5.89. The van der Waals surface area contributed by atoms with Crippen LogP contribution in [0, 0.1) is 12.3 Å². The van der Waals surface area contributed by atoms with Crippen molar-refractivity contribution >= 4 is 11.7 Å². The zero-order chi connectivity index (χ0) is 13.8. The molecule has 100 valence electrons. The molecule has 1 rings (SSSR count). The quantitative estimate of drug-likeness (QED) is 0.831.